The van der Waals surface area contributed by atoms with Gasteiger partial charge >= 0.3 is 0 Å². The zero-order valence-corrected chi connectivity index (χ0v) is 13.1. The fraction of sp³-hybridized carbons (Fsp3) is 0.263. The molecule has 1 aliphatic rings. The van der Waals surface area contributed by atoms with Gasteiger partial charge in [0.05, 0.1) is 19.8 Å². The fourth-order valence-electron chi connectivity index (χ4n) is 2.99. The lowest BCUT2D eigenvalue weighted by Gasteiger charge is -1.97. The number of imidazole rings is 1. The first kappa shape index (κ1) is 8.38. The number of rotatable bonds is 3. The quantitative estimate of drug-likeness (QED) is 0.576. The maximum atomic E-state index is 8.44. The molecule has 25 heavy (non-hydrogen) atoms. The Bertz CT molecular complexity index is 1330. The molecule has 0 atom stereocenters. The van der Waals surface area contributed by atoms with E-state index in [0.29, 0.717) is 23.5 Å². The highest BCUT2D eigenvalue weighted by molar-refractivity contribution is 5.65. The summed E-state index contributed by atoms with van der Waals surface area (Å²) in [4.78, 5) is 12.7. The molecule has 0 amide bonds. The minimum absolute atomic E-state index is 0.115. The topological polar surface area (TPSA) is 60.9 Å². The van der Waals surface area contributed by atoms with Gasteiger partial charge in [0.1, 0.15) is 5.82 Å². The van der Waals surface area contributed by atoms with Crippen molar-refractivity contribution in [1.29, 1.82) is 0 Å². The van der Waals surface area contributed by atoms with E-state index < -0.39 is 20.2 Å². The minimum atomic E-state index is -2.58. The molecule has 0 radical (unpaired) electrons. The minimum Gasteiger partial charge on any atom is -0.326 e. The third kappa shape index (κ3) is 2.25. The maximum absolute atomic E-state index is 8.44. The summed E-state index contributed by atoms with van der Waals surface area (Å²) in [6, 6.07) is 7.18. The van der Waals surface area contributed by atoms with Crippen molar-refractivity contribution in [3.05, 3.63) is 65.1 Å². The van der Waals surface area contributed by atoms with Crippen LogP contribution >= 0.6 is 0 Å². The van der Waals surface area contributed by atoms with Crippen molar-refractivity contribution in [2.75, 3.05) is 0 Å². The lowest BCUT2D eigenvalue weighted by Crippen LogP contribution is -1.98. The van der Waals surface area contributed by atoms with Gasteiger partial charge < -0.3 is 4.57 Å². The Hall–Kier alpha value is -3.02. The maximum Gasteiger partial charge on any atom is 0.177 e. The van der Waals surface area contributed by atoms with E-state index in [2.05, 4.69) is 20.1 Å². The van der Waals surface area contributed by atoms with Crippen LogP contribution in [0.5, 0.6) is 0 Å². The zero-order valence-electron chi connectivity index (χ0n) is 21.1. The summed E-state index contributed by atoms with van der Waals surface area (Å²) in [5.41, 5.74) is 1.25. The third-order valence-electron chi connectivity index (χ3n) is 4.18. The number of nitrogens with zero attached hydrogens (tertiary/aromatic N) is 6. The molecule has 124 valence electrons. The van der Waals surface area contributed by atoms with Gasteiger partial charge in [-0.15, -0.1) is 0 Å². The summed E-state index contributed by atoms with van der Waals surface area (Å²) in [6.45, 7) is -6.84. The molecule has 6 heteroatoms. The van der Waals surface area contributed by atoms with Gasteiger partial charge in [0.25, 0.3) is 0 Å². The van der Waals surface area contributed by atoms with E-state index in [1.165, 1.54) is 4.57 Å². The van der Waals surface area contributed by atoms with E-state index in [9.17, 15) is 0 Å². The predicted molar refractivity (Wildman–Crippen MR) is 94.4 cm³/mol. The molecule has 3 aromatic heterocycles. The van der Waals surface area contributed by atoms with Crippen molar-refractivity contribution in [3.8, 4) is 11.4 Å². The van der Waals surface area contributed by atoms with E-state index in [-0.39, 0.29) is 29.3 Å². The highest BCUT2D eigenvalue weighted by Gasteiger charge is 2.20. The number of benzene rings is 1. The molecule has 0 saturated heterocycles. The Morgan fingerprint density at radius 2 is 2.16 bits per heavy atom. The van der Waals surface area contributed by atoms with Crippen LogP contribution in [0.15, 0.2) is 36.7 Å². The Morgan fingerprint density at radius 3 is 3.08 bits per heavy atom. The Morgan fingerprint density at radius 1 is 1.20 bits per heavy atom. The molecule has 0 aliphatic carbocycles. The van der Waals surface area contributed by atoms with Crippen molar-refractivity contribution in [1.82, 2.24) is 29.1 Å². The number of aryl methyl sites for hydroxylation is 4. The zero-order chi connectivity index (χ0) is 23.8. The van der Waals surface area contributed by atoms with Crippen LogP contribution in [0.25, 0.3) is 17.0 Å². The van der Waals surface area contributed by atoms with Crippen LogP contribution in [-0.2, 0) is 19.3 Å². The van der Waals surface area contributed by atoms with E-state index >= 15 is 0 Å². The first-order chi connectivity index (χ1) is 15.4. The molecule has 1 aliphatic heterocycles. The molecular weight excluding hydrogens is 312 g/mol. The molecule has 0 fully saturated rings. The monoisotopic (exact) mass is 338 g/mol. The summed E-state index contributed by atoms with van der Waals surface area (Å²) in [5.74, 6) is 0.780. The van der Waals surface area contributed by atoms with Gasteiger partial charge in [0.15, 0.2) is 11.5 Å². The number of hydrogen-bond donors (Lipinski definition) is 0. The second kappa shape index (κ2) is 5.24. The summed E-state index contributed by atoms with van der Waals surface area (Å²) in [5, 5.41) is 4.24. The van der Waals surface area contributed by atoms with Crippen LogP contribution in [0.4, 0.5) is 0 Å². The lowest BCUT2D eigenvalue weighted by atomic mass is 10.1. The van der Waals surface area contributed by atoms with Crippen LogP contribution in [0.2, 0.25) is 0 Å². The summed E-state index contributed by atoms with van der Waals surface area (Å²) in [7, 11) is 0. The molecule has 0 saturated carbocycles. The smallest absolute Gasteiger partial charge is 0.177 e. The first-order valence-corrected chi connectivity index (χ1v) is 7.81. The van der Waals surface area contributed by atoms with Crippen molar-refractivity contribution < 1.29 is 11.0 Å². The molecule has 4 heterocycles. The molecule has 6 nitrogen and oxygen atoms in total. The molecule has 0 N–H and O–H groups in total. The average molecular weight is 338 g/mol. The van der Waals surface area contributed by atoms with Crippen LogP contribution < -0.4 is 0 Å². The van der Waals surface area contributed by atoms with Crippen LogP contribution in [0, 0.1) is 13.7 Å². The van der Waals surface area contributed by atoms with Gasteiger partial charge in [-0.3, -0.25) is 4.98 Å². The van der Waals surface area contributed by atoms with Crippen LogP contribution in [-0.4, -0.2) is 29.1 Å². The molecule has 0 unspecified atom stereocenters. The molecule has 0 spiro atoms. The van der Waals surface area contributed by atoms with Crippen molar-refractivity contribution in [2.24, 2.45) is 0 Å². The third-order valence-corrected chi connectivity index (χ3v) is 4.18. The lowest BCUT2D eigenvalue weighted by molar-refractivity contribution is 0.804. The highest BCUT2D eigenvalue weighted by atomic mass is 15.3. The fourth-order valence-corrected chi connectivity index (χ4v) is 2.99. The predicted octanol–water partition coefficient (Wildman–Crippen LogP) is 2.75. The van der Waals surface area contributed by atoms with E-state index in [0.717, 1.165) is 16.3 Å². The molecular formula is C19H18N6. The molecule has 4 aromatic rings. The Kier molecular flexibility index (Phi) is 1.76. The summed E-state index contributed by atoms with van der Waals surface area (Å²) >= 11 is 0. The van der Waals surface area contributed by atoms with Crippen molar-refractivity contribution in [3.63, 3.8) is 0 Å². The van der Waals surface area contributed by atoms with Crippen LogP contribution in [0.1, 0.15) is 39.4 Å². The summed E-state index contributed by atoms with van der Waals surface area (Å²) in [6.07, 6.45) is 3.26. The summed E-state index contributed by atoms with van der Waals surface area (Å²) < 4.78 is 65.5. The largest absolute Gasteiger partial charge is 0.326 e. The Labute approximate surface area is 156 Å². The molecule has 0 bridgehead atoms. The standard InChI is InChI=1S/C19H18N6/c1-12-9-20-13(2)18-22-17(23-25(12)18)8-7-15-11-24-10-14-5-3-4-6-16(14)19(24)21-15/h3-6,9,11H,7-8,10H2,1-2H3/i1D3,2D3,10D2. The van der Waals surface area contributed by atoms with Gasteiger partial charge in [0.2, 0.25) is 0 Å². The second-order valence-corrected chi connectivity index (χ2v) is 5.84. The highest BCUT2D eigenvalue weighted by Crippen LogP contribution is 2.30. The second-order valence-electron chi connectivity index (χ2n) is 5.84. The van der Waals surface area contributed by atoms with E-state index in [1.54, 1.807) is 18.3 Å². The number of aromatic nitrogens is 6. The number of fused-ring (bicyclic) bond motifs is 4. The molecule has 1 aromatic carbocycles. The van der Waals surface area contributed by atoms with E-state index in [4.69, 9.17) is 11.0 Å². The molecule has 5 rings (SSSR count). The van der Waals surface area contributed by atoms with Crippen molar-refractivity contribution in [2.45, 2.75) is 33.0 Å². The average Bonchev–Trinajstić information content (AvgIpc) is 3.38. The van der Waals surface area contributed by atoms with Crippen LogP contribution in [0.3, 0.4) is 0 Å². The van der Waals surface area contributed by atoms with Crippen molar-refractivity contribution >= 4 is 5.65 Å². The SMILES string of the molecule is [2H]C([2H])([2H])c1ncc(C([2H])([2H])[2H])n2nc(CCc3cn4c(n3)-c3ccccc3C4([2H])[2H])nc12. The van der Waals surface area contributed by atoms with Gasteiger partial charge in [-0.05, 0) is 25.7 Å². The number of hydrogen-bond acceptors (Lipinski definition) is 4. The van der Waals surface area contributed by atoms with E-state index in [1.807, 2.05) is 12.1 Å². The normalized spacial score (nSPS) is 20.3. The van der Waals surface area contributed by atoms with Gasteiger partial charge in [-0.25, -0.2) is 14.5 Å². The first-order valence-electron chi connectivity index (χ1n) is 11.8. The van der Waals surface area contributed by atoms with Gasteiger partial charge in [0, 0.05) is 39.1 Å². The van der Waals surface area contributed by atoms with Gasteiger partial charge in [-0.1, -0.05) is 24.3 Å². The van der Waals surface area contributed by atoms with Gasteiger partial charge in [-0.2, -0.15) is 5.10 Å². The Balaban J connectivity index is 1.49.